The van der Waals surface area contributed by atoms with E-state index in [9.17, 15) is 9.59 Å². The molecule has 2 aromatic carbocycles. The van der Waals surface area contributed by atoms with Crippen molar-refractivity contribution < 1.29 is 19.1 Å². The Morgan fingerprint density at radius 1 is 1.08 bits per heavy atom. The minimum atomic E-state index is -0.486. The molecule has 0 saturated carbocycles. The normalized spacial score (nSPS) is 9.96. The lowest BCUT2D eigenvalue weighted by Crippen LogP contribution is -2.43. The first-order chi connectivity index (χ1) is 11.5. The number of amides is 2. The lowest BCUT2D eigenvalue weighted by Gasteiger charge is -2.11. The van der Waals surface area contributed by atoms with Crippen molar-refractivity contribution in [2.75, 3.05) is 13.7 Å². The van der Waals surface area contributed by atoms with Crippen LogP contribution in [0.5, 0.6) is 11.5 Å². The second-order valence-electron chi connectivity index (χ2n) is 4.91. The predicted octanol–water partition coefficient (Wildman–Crippen LogP) is 2.61. The third-order valence-corrected chi connectivity index (χ3v) is 4.03. The molecule has 2 aromatic rings. The smallest absolute Gasteiger partial charge is 0.276 e. The maximum atomic E-state index is 12.0. The summed E-state index contributed by atoms with van der Waals surface area (Å²) in [7, 11) is 1.52. The highest BCUT2D eigenvalue weighted by atomic mass is 79.9. The second kappa shape index (κ2) is 8.35. The molecule has 24 heavy (non-hydrogen) atoms. The van der Waals surface area contributed by atoms with Gasteiger partial charge in [-0.1, -0.05) is 34.1 Å². The van der Waals surface area contributed by atoms with Gasteiger partial charge in [0.15, 0.2) is 18.1 Å². The lowest BCUT2D eigenvalue weighted by molar-refractivity contribution is -0.123. The molecule has 0 atom stereocenters. The molecule has 0 bridgehead atoms. The van der Waals surface area contributed by atoms with E-state index in [0.717, 1.165) is 10.0 Å². The summed E-state index contributed by atoms with van der Waals surface area (Å²) in [6.45, 7) is 1.67. The molecule has 0 heterocycles. The molecule has 0 fully saturated rings. The van der Waals surface area contributed by atoms with Crippen molar-refractivity contribution in [1.82, 2.24) is 10.9 Å². The number of halogens is 1. The van der Waals surface area contributed by atoms with Gasteiger partial charge in [-0.3, -0.25) is 20.4 Å². The minimum Gasteiger partial charge on any atom is -0.493 e. The van der Waals surface area contributed by atoms with Gasteiger partial charge in [-0.05, 0) is 36.8 Å². The highest BCUT2D eigenvalue weighted by molar-refractivity contribution is 9.10. The van der Waals surface area contributed by atoms with Gasteiger partial charge >= 0.3 is 0 Å². The van der Waals surface area contributed by atoms with E-state index in [1.54, 1.807) is 36.4 Å². The van der Waals surface area contributed by atoms with Gasteiger partial charge in [0.2, 0.25) is 0 Å². The van der Waals surface area contributed by atoms with Crippen molar-refractivity contribution in [3.8, 4) is 11.5 Å². The van der Waals surface area contributed by atoms with Gasteiger partial charge in [-0.25, -0.2) is 0 Å². The standard InChI is InChI=1S/C17H17BrN2O4/c1-11-7-8-12(9-13(11)18)17(22)20-19-16(21)10-24-15-6-4-3-5-14(15)23-2/h3-9H,10H2,1-2H3,(H,19,21)(H,20,22). The lowest BCUT2D eigenvalue weighted by atomic mass is 10.1. The maximum absolute atomic E-state index is 12.0. The van der Waals surface area contributed by atoms with Crippen LogP contribution in [0.1, 0.15) is 15.9 Å². The van der Waals surface area contributed by atoms with Gasteiger partial charge < -0.3 is 9.47 Å². The van der Waals surface area contributed by atoms with Gasteiger partial charge in [-0.2, -0.15) is 0 Å². The summed E-state index contributed by atoms with van der Waals surface area (Å²) in [6, 6.07) is 12.2. The number of ether oxygens (including phenoxy) is 2. The summed E-state index contributed by atoms with van der Waals surface area (Å²) in [6.07, 6.45) is 0. The van der Waals surface area contributed by atoms with E-state index in [1.807, 2.05) is 13.0 Å². The molecular weight excluding hydrogens is 376 g/mol. The zero-order chi connectivity index (χ0) is 17.5. The Morgan fingerprint density at radius 2 is 1.79 bits per heavy atom. The first-order valence-electron chi connectivity index (χ1n) is 7.12. The average Bonchev–Trinajstić information content (AvgIpc) is 2.60. The van der Waals surface area contributed by atoms with Gasteiger partial charge in [0.1, 0.15) is 0 Å². The number of benzene rings is 2. The molecular formula is C17H17BrN2O4. The van der Waals surface area contributed by atoms with Crippen molar-refractivity contribution in [2.24, 2.45) is 0 Å². The van der Waals surface area contributed by atoms with Crippen LogP contribution in [0, 0.1) is 6.92 Å². The molecule has 126 valence electrons. The summed E-state index contributed by atoms with van der Waals surface area (Å²) >= 11 is 3.36. The fourth-order valence-electron chi connectivity index (χ4n) is 1.85. The molecule has 0 spiro atoms. The number of hydrazine groups is 1. The molecule has 0 unspecified atom stereocenters. The van der Waals surface area contributed by atoms with Crippen LogP contribution >= 0.6 is 15.9 Å². The van der Waals surface area contributed by atoms with E-state index < -0.39 is 11.8 Å². The number of hydrogen-bond donors (Lipinski definition) is 2. The van der Waals surface area contributed by atoms with Gasteiger partial charge in [-0.15, -0.1) is 0 Å². The van der Waals surface area contributed by atoms with Crippen molar-refractivity contribution in [1.29, 1.82) is 0 Å². The largest absolute Gasteiger partial charge is 0.493 e. The molecule has 0 radical (unpaired) electrons. The first-order valence-corrected chi connectivity index (χ1v) is 7.91. The molecule has 0 aliphatic carbocycles. The highest BCUT2D eigenvalue weighted by Crippen LogP contribution is 2.25. The van der Waals surface area contributed by atoms with Crippen molar-refractivity contribution >= 4 is 27.7 Å². The van der Waals surface area contributed by atoms with E-state index in [1.165, 1.54) is 7.11 Å². The maximum Gasteiger partial charge on any atom is 0.276 e. The van der Waals surface area contributed by atoms with E-state index in [4.69, 9.17) is 9.47 Å². The molecule has 0 saturated heterocycles. The summed E-state index contributed by atoms with van der Waals surface area (Å²) in [5.41, 5.74) is 6.09. The molecule has 2 amide bonds. The Kier molecular flexibility index (Phi) is 6.20. The molecule has 7 heteroatoms. The predicted molar refractivity (Wildman–Crippen MR) is 93.0 cm³/mol. The summed E-state index contributed by atoms with van der Waals surface area (Å²) in [5.74, 6) is 0.0737. The van der Waals surface area contributed by atoms with Crippen molar-refractivity contribution in [3.63, 3.8) is 0 Å². The number of nitrogens with one attached hydrogen (secondary N) is 2. The van der Waals surface area contributed by atoms with Crippen LogP contribution in [-0.4, -0.2) is 25.5 Å². The second-order valence-corrected chi connectivity index (χ2v) is 5.76. The fourth-order valence-corrected chi connectivity index (χ4v) is 2.23. The van der Waals surface area contributed by atoms with E-state index in [0.29, 0.717) is 17.1 Å². The zero-order valence-corrected chi connectivity index (χ0v) is 14.8. The van der Waals surface area contributed by atoms with Crippen LogP contribution in [0.2, 0.25) is 0 Å². The van der Waals surface area contributed by atoms with E-state index >= 15 is 0 Å². The van der Waals surface area contributed by atoms with Gasteiger partial charge in [0.25, 0.3) is 11.8 Å². The van der Waals surface area contributed by atoms with E-state index in [-0.39, 0.29) is 6.61 Å². The topological polar surface area (TPSA) is 76.7 Å². The Balaban J connectivity index is 1.84. The van der Waals surface area contributed by atoms with Crippen LogP contribution in [-0.2, 0) is 4.79 Å². The quantitative estimate of drug-likeness (QED) is 0.766. The number of carbonyl (C=O) groups is 2. The Hall–Kier alpha value is -2.54. The first kappa shape index (κ1) is 17.8. The molecule has 0 aliphatic heterocycles. The molecule has 6 nitrogen and oxygen atoms in total. The number of methoxy groups -OCH3 is 1. The minimum absolute atomic E-state index is 0.252. The Bertz CT molecular complexity index is 749. The molecule has 0 aliphatic rings. The summed E-state index contributed by atoms with van der Waals surface area (Å²) in [4.78, 5) is 23.8. The van der Waals surface area contributed by atoms with Crippen molar-refractivity contribution in [2.45, 2.75) is 6.92 Å². The van der Waals surface area contributed by atoms with Gasteiger partial charge in [0.05, 0.1) is 7.11 Å². The van der Waals surface area contributed by atoms with E-state index in [2.05, 4.69) is 26.8 Å². The van der Waals surface area contributed by atoms with Crippen LogP contribution < -0.4 is 20.3 Å². The number of para-hydroxylation sites is 2. The molecule has 2 N–H and O–H groups in total. The zero-order valence-electron chi connectivity index (χ0n) is 13.3. The molecule has 0 aromatic heterocycles. The van der Waals surface area contributed by atoms with Crippen molar-refractivity contribution in [3.05, 3.63) is 58.1 Å². The third-order valence-electron chi connectivity index (χ3n) is 3.18. The highest BCUT2D eigenvalue weighted by Gasteiger charge is 2.10. The van der Waals surface area contributed by atoms with Crippen LogP contribution in [0.15, 0.2) is 46.9 Å². The Morgan fingerprint density at radius 3 is 2.46 bits per heavy atom. The SMILES string of the molecule is COc1ccccc1OCC(=O)NNC(=O)c1ccc(C)c(Br)c1. The summed E-state index contributed by atoms with van der Waals surface area (Å²) in [5, 5.41) is 0. The number of hydrogen-bond acceptors (Lipinski definition) is 4. The monoisotopic (exact) mass is 392 g/mol. The third kappa shape index (κ3) is 4.73. The Labute approximate surface area is 148 Å². The number of aryl methyl sites for hydroxylation is 1. The van der Waals surface area contributed by atoms with Crippen LogP contribution in [0.25, 0.3) is 0 Å². The summed E-state index contributed by atoms with van der Waals surface area (Å²) < 4.78 is 11.3. The van der Waals surface area contributed by atoms with Gasteiger partial charge in [0, 0.05) is 10.0 Å². The number of rotatable bonds is 5. The van der Waals surface area contributed by atoms with Crippen LogP contribution in [0.4, 0.5) is 0 Å². The average molecular weight is 393 g/mol. The molecule has 2 rings (SSSR count). The fraction of sp³-hybridized carbons (Fsp3) is 0.176. The number of carbonyl (C=O) groups excluding carboxylic acids is 2. The van der Waals surface area contributed by atoms with Crippen LogP contribution in [0.3, 0.4) is 0 Å².